The van der Waals surface area contributed by atoms with E-state index in [2.05, 4.69) is 35.9 Å². The fourth-order valence-corrected chi connectivity index (χ4v) is 2.57. The molecule has 1 aromatic heterocycles. The van der Waals surface area contributed by atoms with Gasteiger partial charge in [0.05, 0.1) is 5.69 Å². The van der Waals surface area contributed by atoms with Crippen LogP contribution in [0.15, 0.2) is 35.7 Å². The van der Waals surface area contributed by atoms with Crippen molar-refractivity contribution < 1.29 is 9.90 Å². The van der Waals surface area contributed by atoms with Gasteiger partial charge in [-0.15, -0.1) is 11.3 Å². The summed E-state index contributed by atoms with van der Waals surface area (Å²) in [5, 5.41) is 10.9. The Morgan fingerprint density at radius 3 is 2.55 bits per heavy atom. The van der Waals surface area contributed by atoms with E-state index in [1.165, 1.54) is 16.9 Å². The van der Waals surface area contributed by atoms with Crippen LogP contribution in [0.3, 0.4) is 0 Å². The first-order valence-corrected chi connectivity index (χ1v) is 7.40. The van der Waals surface area contributed by atoms with E-state index in [1.807, 2.05) is 23.6 Å². The highest BCUT2D eigenvalue weighted by Gasteiger charge is 2.14. The number of aromatic nitrogens is 1. The number of aromatic carboxylic acids is 1. The predicted molar refractivity (Wildman–Crippen MR) is 79.9 cm³/mol. The van der Waals surface area contributed by atoms with Crippen LogP contribution in [-0.2, 0) is 13.1 Å². The van der Waals surface area contributed by atoms with Gasteiger partial charge in [-0.25, -0.2) is 9.78 Å². The van der Waals surface area contributed by atoms with Crippen molar-refractivity contribution in [3.63, 3.8) is 0 Å². The Hall–Kier alpha value is -1.72. The topological polar surface area (TPSA) is 53.4 Å². The molecule has 5 heteroatoms. The lowest BCUT2D eigenvalue weighted by Crippen LogP contribution is -2.30. The molecular formula is C15H18N2O2S. The van der Waals surface area contributed by atoms with Gasteiger partial charge in [0, 0.05) is 24.5 Å². The van der Waals surface area contributed by atoms with Gasteiger partial charge in [0.2, 0.25) is 5.01 Å². The maximum atomic E-state index is 10.9. The summed E-state index contributed by atoms with van der Waals surface area (Å²) in [6.45, 7) is 5.76. The quantitative estimate of drug-likeness (QED) is 0.887. The molecule has 2 aromatic rings. The van der Waals surface area contributed by atoms with Gasteiger partial charge in [-0.3, -0.25) is 4.90 Å². The molecule has 0 fully saturated rings. The molecule has 0 atom stereocenters. The molecule has 0 bridgehead atoms. The lowest BCUT2D eigenvalue weighted by atomic mass is 10.2. The van der Waals surface area contributed by atoms with Crippen LogP contribution in [0.1, 0.15) is 34.9 Å². The Balaban J connectivity index is 2.07. The molecule has 0 aliphatic carbocycles. The van der Waals surface area contributed by atoms with Crippen molar-refractivity contribution in [2.45, 2.75) is 33.0 Å². The van der Waals surface area contributed by atoms with Gasteiger partial charge in [0.1, 0.15) is 0 Å². The van der Waals surface area contributed by atoms with Gasteiger partial charge in [-0.2, -0.15) is 0 Å². The summed E-state index contributed by atoms with van der Waals surface area (Å²) < 4.78 is 0. The van der Waals surface area contributed by atoms with Crippen molar-refractivity contribution in [1.82, 2.24) is 9.88 Å². The normalized spacial score (nSPS) is 11.2. The lowest BCUT2D eigenvalue weighted by molar-refractivity contribution is 0.0696. The molecule has 20 heavy (non-hydrogen) atoms. The Morgan fingerprint density at radius 1 is 1.30 bits per heavy atom. The average Bonchev–Trinajstić information content (AvgIpc) is 2.88. The summed E-state index contributed by atoms with van der Waals surface area (Å²) >= 11 is 1.18. The second-order valence-electron chi connectivity index (χ2n) is 4.93. The molecule has 1 aromatic carbocycles. The van der Waals surface area contributed by atoms with Gasteiger partial charge >= 0.3 is 5.97 Å². The number of hydrogen-bond acceptors (Lipinski definition) is 4. The first-order valence-electron chi connectivity index (χ1n) is 6.52. The van der Waals surface area contributed by atoms with E-state index >= 15 is 0 Å². The zero-order valence-electron chi connectivity index (χ0n) is 11.6. The van der Waals surface area contributed by atoms with Gasteiger partial charge < -0.3 is 5.11 Å². The summed E-state index contributed by atoms with van der Waals surface area (Å²) in [6, 6.07) is 10.6. The largest absolute Gasteiger partial charge is 0.476 e. The minimum Gasteiger partial charge on any atom is -0.476 e. The third-order valence-corrected chi connectivity index (χ3v) is 3.94. The molecule has 0 saturated carbocycles. The van der Waals surface area contributed by atoms with E-state index in [4.69, 9.17) is 5.11 Å². The molecule has 0 unspecified atom stereocenters. The Kier molecular flexibility index (Phi) is 4.87. The zero-order valence-corrected chi connectivity index (χ0v) is 12.4. The van der Waals surface area contributed by atoms with E-state index in [0.717, 1.165) is 12.2 Å². The van der Waals surface area contributed by atoms with Gasteiger partial charge in [-0.1, -0.05) is 30.3 Å². The second kappa shape index (κ2) is 6.63. The number of nitrogens with zero attached hydrogens (tertiary/aromatic N) is 2. The SMILES string of the molecule is CC(C)N(Cc1ccccc1)Cc1csc(C(=O)O)n1. The van der Waals surface area contributed by atoms with E-state index in [9.17, 15) is 4.79 Å². The average molecular weight is 290 g/mol. The van der Waals surface area contributed by atoms with Gasteiger partial charge in [-0.05, 0) is 19.4 Å². The van der Waals surface area contributed by atoms with Crippen LogP contribution < -0.4 is 0 Å². The molecule has 2 rings (SSSR count). The van der Waals surface area contributed by atoms with Crippen LogP contribution in [0.5, 0.6) is 0 Å². The lowest BCUT2D eigenvalue weighted by Gasteiger charge is -2.25. The Labute approximate surface area is 122 Å². The number of hydrogen-bond donors (Lipinski definition) is 1. The van der Waals surface area contributed by atoms with Crippen LogP contribution >= 0.6 is 11.3 Å². The van der Waals surface area contributed by atoms with Crippen molar-refractivity contribution in [2.75, 3.05) is 0 Å². The number of carbonyl (C=O) groups is 1. The number of carboxylic acids is 1. The van der Waals surface area contributed by atoms with Crippen molar-refractivity contribution in [3.8, 4) is 0 Å². The molecule has 0 spiro atoms. The standard InChI is InChI=1S/C15H18N2O2S/c1-11(2)17(8-12-6-4-3-5-7-12)9-13-10-20-14(16-13)15(18)19/h3-7,10-11H,8-9H2,1-2H3,(H,18,19). The maximum absolute atomic E-state index is 10.9. The fourth-order valence-electron chi connectivity index (χ4n) is 1.92. The summed E-state index contributed by atoms with van der Waals surface area (Å²) in [4.78, 5) is 17.3. The molecule has 1 heterocycles. The molecule has 106 valence electrons. The van der Waals surface area contributed by atoms with Crippen LogP contribution in [0, 0.1) is 0 Å². The molecule has 1 N–H and O–H groups in total. The summed E-state index contributed by atoms with van der Waals surface area (Å²) in [5.41, 5.74) is 2.06. The highest BCUT2D eigenvalue weighted by molar-refractivity contribution is 7.11. The first kappa shape index (κ1) is 14.7. The summed E-state index contributed by atoms with van der Waals surface area (Å²) in [5.74, 6) is -0.958. The van der Waals surface area contributed by atoms with Crippen LogP contribution in [0.2, 0.25) is 0 Å². The third-order valence-electron chi connectivity index (χ3n) is 3.06. The third kappa shape index (κ3) is 3.88. The van der Waals surface area contributed by atoms with Crippen molar-refractivity contribution in [3.05, 3.63) is 52.0 Å². The molecule has 0 radical (unpaired) electrons. The summed E-state index contributed by atoms with van der Waals surface area (Å²) in [7, 11) is 0. The van der Waals surface area contributed by atoms with Crippen LogP contribution in [0.25, 0.3) is 0 Å². The van der Waals surface area contributed by atoms with E-state index in [0.29, 0.717) is 12.6 Å². The Morgan fingerprint density at radius 2 is 2.00 bits per heavy atom. The molecule has 4 nitrogen and oxygen atoms in total. The highest BCUT2D eigenvalue weighted by Crippen LogP contribution is 2.15. The fraction of sp³-hybridized carbons (Fsp3) is 0.333. The first-order chi connectivity index (χ1) is 9.56. The monoisotopic (exact) mass is 290 g/mol. The van der Waals surface area contributed by atoms with E-state index in [1.54, 1.807) is 0 Å². The van der Waals surface area contributed by atoms with E-state index < -0.39 is 5.97 Å². The van der Waals surface area contributed by atoms with E-state index in [-0.39, 0.29) is 5.01 Å². The van der Waals surface area contributed by atoms with Gasteiger partial charge in [0.15, 0.2) is 0 Å². The molecule has 0 aliphatic rings. The zero-order chi connectivity index (χ0) is 14.5. The summed E-state index contributed by atoms with van der Waals surface area (Å²) in [6.07, 6.45) is 0. The number of thiazole rings is 1. The number of rotatable bonds is 6. The number of carboxylic acid groups (broad SMARTS) is 1. The molecular weight excluding hydrogens is 272 g/mol. The van der Waals surface area contributed by atoms with Crippen molar-refractivity contribution >= 4 is 17.3 Å². The van der Waals surface area contributed by atoms with Crippen LogP contribution in [0.4, 0.5) is 0 Å². The Bertz CT molecular complexity index is 566. The minimum absolute atomic E-state index is 0.156. The minimum atomic E-state index is -0.958. The number of benzene rings is 1. The van der Waals surface area contributed by atoms with Crippen molar-refractivity contribution in [1.29, 1.82) is 0 Å². The second-order valence-corrected chi connectivity index (χ2v) is 5.79. The predicted octanol–water partition coefficient (Wildman–Crippen LogP) is 3.25. The van der Waals surface area contributed by atoms with Gasteiger partial charge in [0.25, 0.3) is 0 Å². The molecule has 0 amide bonds. The highest BCUT2D eigenvalue weighted by atomic mass is 32.1. The molecule has 0 saturated heterocycles. The molecule has 0 aliphatic heterocycles. The van der Waals surface area contributed by atoms with Crippen LogP contribution in [-0.4, -0.2) is 27.0 Å². The maximum Gasteiger partial charge on any atom is 0.365 e. The smallest absolute Gasteiger partial charge is 0.365 e. The van der Waals surface area contributed by atoms with Crippen molar-refractivity contribution in [2.24, 2.45) is 0 Å².